The number of rotatable bonds is 10. The SMILES string of the molecule is O=C(O)CCNC(=O)c1ccc(CN(c2ccc(CC(F)(F)F)cc2)c2nc(-c3cccc(Cl)c3)cs2)cc1. The molecular formula is C28H23ClF3N3O3S. The van der Waals surface area contributed by atoms with Gasteiger partial charge in [-0.2, -0.15) is 13.2 Å². The molecule has 0 unspecified atom stereocenters. The number of carboxylic acid groups (broad SMARTS) is 1. The van der Waals surface area contributed by atoms with E-state index in [4.69, 9.17) is 21.7 Å². The summed E-state index contributed by atoms with van der Waals surface area (Å²) in [5.74, 6) is -1.39. The van der Waals surface area contributed by atoms with Crippen molar-refractivity contribution in [2.24, 2.45) is 0 Å². The molecule has 4 rings (SSSR count). The highest BCUT2D eigenvalue weighted by Gasteiger charge is 2.27. The van der Waals surface area contributed by atoms with E-state index < -0.39 is 18.6 Å². The average Bonchev–Trinajstić information content (AvgIpc) is 3.37. The summed E-state index contributed by atoms with van der Waals surface area (Å²) < 4.78 is 38.6. The lowest BCUT2D eigenvalue weighted by molar-refractivity contribution is -0.136. The third-order valence-corrected chi connectivity index (χ3v) is 6.78. The lowest BCUT2D eigenvalue weighted by Crippen LogP contribution is -2.26. The van der Waals surface area contributed by atoms with Crippen molar-refractivity contribution in [1.82, 2.24) is 10.3 Å². The minimum atomic E-state index is -4.30. The van der Waals surface area contributed by atoms with Crippen molar-refractivity contribution in [2.75, 3.05) is 11.4 Å². The van der Waals surface area contributed by atoms with Crippen molar-refractivity contribution in [3.63, 3.8) is 0 Å². The number of carboxylic acids is 1. The molecule has 1 heterocycles. The minimum absolute atomic E-state index is 0.0209. The Hall–Kier alpha value is -3.89. The Kier molecular flexibility index (Phi) is 8.88. The quantitative estimate of drug-likeness (QED) is 0.211. The molecule has 0 aliphatic heterocycles. The molecule has 1 amide bonds. The van der Waals surface area contributed by atoms with Crippen LogP contribution < -0.4 is 10.2 Å². The van der Waals surface area contributed by atoms with E-state index in [1.807, 2.05) is 22.4 Å². The summed E-state index contributed by atoms with van der Waals surface area (Å²) >= 11 is 7.52. The van der Waals surface area contributed by atoms with Gasteiger partial charge < -0.3 is 15.3 Å². The molecule has 4 aromatic rings. The van der Waals surface area contributed by atoms with Crippen molar-refractivity contribution in [3.05, 3.63) is 99.9 Å². The molecule has 1 aromatic heterocycles. The fourth-order valence-corrected chi connectivity index (χ4v) is 4.84. The highest BCUT2D eigenvalue weighted by Crippen LogP contribution is 2.35. The van der Waals surface area contributed by atoms with Gasteiger partial charge in [0, 0.05) is 33.8 Å². The first kappa shape index (κ1) is 28.1. The second-order valence-electron chi connectivity index (χ2n) is 8.67. The fourth-order valence-electron chi connectivity index (χ4n) is 3.79. The van der Waals surface area contributed by atoms with Gasteiger partial charge in [-0.05, 0) is 47.5 Å². The monoisotopic (exact) mass is 573 g/mol. The van der Waals surface area contributed by atoms with E-state index in [9.17, 15) is 22.8 Å². The standard InChI is InChI=1S/C28H23ClF3N3O3S/c29-22-3-1-2-21(14-22)24-17-39-27(34-24)35(23-10-6-18(7-11-23)15-28(30,31)32)16-19-4-8-20(9-5-19)26(38)33-13-12-25(36)37/h1-11,14,17H,12-13,15-16H2,(H,33,38)(H,36,37). The van der Waals surface area contributed by atoms with Gasteiger partial charge in [-0.25, -0.2) is 4.98 Å². The Morgan fingerprint density at radius 2 is 1.69 bits per heavy atom. The third kappa shape index (κ3) is 8.05. The predicted octanol–water partition coefficient (Wildman–Crippen LogP) is 7.11. The zero-order valence-electron chi connectivity index (χ0n) is 20.4. The van der Waals surface area contributed by atoms with Gasteiger partial charge >= 0.3 is 12.1 Å². The second kappa shape index (κ2) is 12.3. The number of anilines is 2. The fraction of sp³-hybridized carbons (Fsp3) is 0.179. The number of hydrogen-bond acceptors (Lipinski definition) is 5. The van der Waals surface area contributed by atoms with E-state index in [0.717, 1.165) is 11.1 Å². The molecule has 6 nitrogen and oxygen atoms in total. The molecule has 0 aliphatic carbocycles. The Morgan fingerprint density at radius 1 is 1.00 bits per heavy atom. The number of benzene rings is 3. The molecule has 3 aromatic carbocycles. The van der Waals surface area contributed by atoms with Gasteiger partial charge in [0.15, 0.2) is 5.13 Å². The lowest BCUT2D eigenvalue weighted by Gasteiger charge is -2.23. The first-order valence-electron chi connectivity index (χ1n) is 11.8. The van der Waals surface area contributed by atoms with Gasteiger partial charge in [-0.15, -0.1) is 11.3 Å². The highest BCUT2D eigenvalue weighted by molar-refractivity contribution is 7.14. The van der Waals surface area contributed by atoms with Crippen LogP contribution in [0.25, 0.3) is 11.3 Å². The Morgan fingerprint density at radius 3 is 2.33 bits per heavy atom. The Labute approximate surface area is 231 Å². The first-order chi connectivity index (χ1) is 18.6. The molecule has 0 bridgehead atoms. The number of halogens is 4. The molecule has 2 N–H and O–H groups in total. The number of nitrogens with one attached hydrogen (secondary N) is 1. The van der Waals surface area contributed by atoms with Gasteiger partial charge in [0.2, 0.25) is 0 Å². The molecule has 0 radical (unpaired) electrons. The summed E-state index contributed by atoms with van der Waals surface area (Å²) in [6.07, 6.45) is -5.49. The molecule has 39 heavy (non-hydrogen) atoms. The van der Waals surface area contributed by atoms with Crippen LogP contribution in [0.4, 0.5) is 24.0 Å². The maximum absolute atomic E-state index is 12.9. The summed E-state index contributed by atoms with van der Waals surface area (Å²) in [7, 11) is 0. The van der Waals surface area contributed by atoms with E-state index in [2.05, 4.69) is 5.32 Å². The van der Waals surface area contributed by atoms with Crippen molar-refractivity contribution in [2.45, 2.75) is 25.6 Å². The van der Waals surface area contributed by atoms with Crippen LogP contribution in [0.5, 0.6) is 0 Å². The van der Waals surface area contributed by atoms with Crippen molar-refractivity contribution < 1.29 is 27.9 Å². The molecular weight excluding hydrogens is 551 g/mol. The Balaban J connectivity index is 1.59. The largest absolute Gasteiger partial charge is 0.481 e. The summed E-state index contributed by atoms with van der Waals surface area (Å²) in [4.78, 5) is 29.6. The summed E-state index contributed by atoms with van der Waals surface area (Å²) in [6, 6.07) is 20.2. The van der Waals surface area contributed by atoms with Crippen LogP contribution in [-0.4, -0.2) is 34.7 Å². The van der Waals surface area contributed by atoms with Crippen LogP contribution in [0.3, 0.4) is 0 Å². The lowest BCUT2D eigenvalue weighted by atomic mass is 10.1. The number of carbonyl (C=O) groups is 2. The second-order valence-corrected chi connectivity index (χ2v) is 9.94. The van der Waals surface area contributed by atoms with E-state index in [-0.39, 0.29) is 24.4 Å². The summed E-state index contributed by atoms with van der Waals surface area (Å²) in [5, 5.41) is 14.4. The van der Waals surface area contributed by atoms with Crippen LogP contribution in [0.2, 0.25) is 5.02 Å². The zero-order valence-corrected chi connectivity index (χ0v) is 22.0. The number of alkyl halides is 3. The molecule has 0 fully saturated rings. The number of aromatic nitrogens is 1. The van der Waals surface area contributed by atoms with Crippen LogP contribution in [-0.2, 0) is 17.8 Å². The molecule has 11 heteroatoms. The highest BCUT2D eigenvalue weighted by atomic mass is 35.5. The molecule has 202 valence electrons. The number of amides is 1. The minimum Gasteiger partial charge on any atom is -0.481 e. The first-order valence-corrected chi connectivity index (χ1v) is 13.1. The van der Waals surface area contributed by atoms with E-state index >= 15 is 0 Å². The van der Waals surface area contributed by atoms with Gasteiger partial charge in [-0.3, -0.25) is 9.59 Å². The van der Waals surface area contributed by atoms with Gasteiger partial charge in [0.1, 0.15) is 0 Å². The molecule has 0 saturated carbocycles. The van der Waals surface area contributed by atoms with Crippen LogP contribution in [0, 0.1) is 0 Å². The smallest absolute Gasteiger partial charge is 0.393 e. The summed E-state index contributed by atoms with van der Waals surface area (Å²) in [6.45, 7) is 0.356. The zero-order chi connectivity index (χ0) is 28.0. The maximum Gasteiger partial charge on any atom is 0.393 e. The van der Waals surface area contributed by atoms with Gasteiger partial charge in [0.05, 0.1) is 25.1 Å². The normalized spacial score (nSPS) is 11.3. The van der Waals surface area contributed by atoms with Crippen LogP contribution >= 0.6 is 22.9 Å². The third-order valence-electron chi connectivity index (χ3n) is 5.68. The summed E-state index contributed by atoms with van der Waals surface area (Å²) in [5.41, 5.74) is 3.57. The average molecular weight is 574 g/mol. The van der Waals surface area contributed by atoms with Gasteiger partial charge in [-0.1, -0.05) is 48.0 Å². The van der Waals surface area contributed by atoms with E-state index in [1.165, 1.54) is 23.5 Å². The number of hydrogen-bond donors (Lipinski definition) is 2. The van der Waals surface area contributed by atoms with Crippen molar-refractivity contribution in [3.8, 4) is 11.3 Å². The topological polar surface area (TPSA) is 82.5 Å². The van der Waals surface area contributed by atoms with Crippen LogP contribution in [0.15, 0.2) is 78.2 Å². The van der Waals surface area contributed by atoms with Crippen molar-refractivity contribution in [1.29, 1.82) is 0 Å². The maximum atomic E-state index is 12.9. The predicted molar refractivity (Wildman–Crippen MR) is 146 cm³/mol. The van der Waals surface area contributed by atoms with Crippen LogP contribution in [0.1, 0.15) is 27.9 Å². The number of aliphatic carboxylic acids is 1. The number of thiazole rings is 1. The van der Waals surface area contributed by atoms with E-state index in [1.54, 1.807) is 48.5 Å². The molecule has 0 aliphatic rings. The van der Waals surface area contributed by atoms with Crippen molar-refractivity contribution >= 4 is 45.6 Å². The Bertz CT molecular complexity index is 1440. The number of carbonyl (C=O) groups excluding carboxylic acids is 1. The molecule has 0 atom stereocenters. The molecule has 0 saturated heterocycles. The van der Waals surface area contributed by atoms with Gasteiger partial charge in [0.25, 0.3) is 5.91 Å². The molecule has 0 spiro atoms. The number of nitrogens with zero attached hydrogens (tertiary/aromatic N) is 2. The van der Waals surface area contributed by atoms with E-state index in [0.29, 0.717) is 33.6 Å².